The molecule has 1 aromatic carbocycles. The van der Waals surface area contributed by atoms with Crippen LogP contribution in [0.15, 0.2) is 18.2 Å². The Morgan fingerprint density at radius 2 is 2.32 bits per heavy atom. The van der Waals surface area contributed by atoms with Gasteiger partial charge >= 0.3 is 5.69 Å². The van der Waals surface area contributed by atoms with Crippen molar-refractivity contribution < 1.29 is 9.66 Å². The fraction of sp³-hybridized carbons (Fsp3) is 0.571. The van der Waals surface area contributed by atoms with Gasteiger partial charge in [-0.1, -0.05) is 13.0 Å². The largest absolute Gasteiger partial charge is 0.490 e. The van der Waals surface area contributed by atoms with E-state index in [1.54, 1.807) is 12.1 Å². The van der Waals surface area contributed by atoms with Crippen LogP contribution in [0.5, 0.6) is 5.75 Å². The summed E-state index contributed by atoms with van der Waals surface area (Å²) in [6, 6.07) is 5.21. The van der Waals surface area contributed by atoms with E-state index in [1.807, 2.05) is 6.07 Å². The third-order valence-corrected chi connectivity index (χ3v) is 3.59. The molecule has 1 aliphatic heterocycles. The lowest BCUT2D eigenvalue weighted by molar-refractivity contribution is -0.385. The second-order valence-electron chi connectivity index (χ2n) is 5.25. The highest BCUT2D eigenvalue weighted by atomic mass is 16.6. The smallest absolute Gasteiger partial charge is 0.311 e. The molecule has 1 atom stereocenters. The zero-order chi connectivity index (χ0) is 13.8. The third kappa shape index (κ3) is 3.44. The molecule has 0 N–H and O–H groups in total. The van der Waals surface area contributed by atoms with Gasteiger partial charge in [0.1, 0.15) is 0 Å². The fourth-order valence-electron chi connectivity index (χ4n) is 2.67. The molecule has 19 heavy (non-hydrogen) atoms. The van der Waals surface area contributed by atoms with Gasteiger partial charge in [0.2, 0.25) is 0 Å². The van der Waals surface area contributed by atoms with Crippen LogP contribution >= 0.6 is 0 Å². The molecule has 0 bridgehead atoms. The van der Waals surface area contributed by atoms with Gasteiger partial charge in [-0.2, -0.15) is 0 Å². The molecule has 1 heterocycles. The summed E-state index contributed by atoms with van der Waals surface area (Å²) in [5.74, 6) is 1.03. The van der Waals surface area contributed by atoms with E-state index in [1.165, 1.54) is 20.0 Å². The van der Waals surface area contributed by atoms with Crippen LogP contribution in [-0.2, 0) is 6.54 Å². The van der Waals surface area contributed by atoms with Gasteiger partial charge in [-0.3, -0.25) is 15.0 Å². The van der Waals surface area contributed by atoms with Crippen molar-refractivity contribution in [3.8, 4) is 5.75 Å². The topological polar surface area (TPSA) is 55.6 Å². The van der Waals surface area contributed by atoms with Crippen molar-refractivity contribution in [3.05, 3.63) is 33.9 Å². The van der Waals surface area contributed by atoms with Crippen LogP contribution in [0.4, 0.5) is 5.69 Å². The number of nitrogens with zero attached hydrogens (tertiary/aromatic N) is 2. The number of hydrogen-bond acceptors (Lipinski definition) is 4. The number of benzene rings is 1. The SMILES string of the molecule is COc1ccc(CN2CCCC(C)C2)cc1[N+](=O)[O-]. The quantitative estimate of drug-likeness (QED) is 0.620. The zero-order valence-corrected chi connectivity index (χ0v) is 11.5. The summed E-state index contributed by atoms with van der Waals surface area (Å²) in [6.07, 6.45) is 2.48. The van der Waals surface area contributed by atoms with Crippen molar-refractivity contribution in [1.82, 2.24) is 4.90 Å². The Kier molecular flexibility index (Phi) is 4.37. The highest BCUT2D eigenvalue weighted by molar-refractivity contribution is 5.48. The second-order valence-corrected chi connectivity index (χ2v) is 5.25. The molecular formula is C14H20N2O3. The van der Waals surface area contributed by atoms with Crippen LogP contribution in [0.2, 0.25) is 0 Å². The molecule has 0 aromatic heterocycles. The number of hydrogen-bond donors (Lipinski definition) is 0. The molecule has 104 valence electrons. The van der Waals surface area contributed by atoms with Crippen molar-refractivity contribution >= 4 is 5.69 Å². The fourth-order valence-corrected chi connectivity index (χ4v) is 2.67. The van der Waals surface area contributed by atoms with Gasteiger partial charge in [-0.15, -0.1) is 0 Å². The number of likely N-dealkylation sites (tertiary alicyclic amines) is 1. The Hall–Kier alpha value is -1.62. The number of nitro benzene ring substituents is 1. The first kappa shape index (κ1) is 13.8. The number of rotatable bonds is 4. The van der Waals surface area contributed by atoms with E-state index in [2.05, 4.69) is 11.8 Å². The molecule has 0 radical (unpaired) electrons. The van der Waals surface area contributed by atoms with Crippen molar-refractivity contribution in [2.75, 3.05) is 20.2 Å². The molecule has 1 saturated heterocycles. The lowest BCUT2D eigenvalue weighted by Crippen LogP contribution is -2.33. The van der Waals surface area contributed by atoms with Gasteiger partial charge in [-0.25, -0.2) is 0 Å². The van der Waals surface area contributed by atoms with Crippen LogP contribution in [0, 0.1) is 16.0 Å². The maximum Gasteiger partial charge on any atom is 0.311 e. The highest BCUT2D eigenvalue weighted by Gasteiger charge is 2.19. The van der Waals surface area contributed by atoms with Crippen LogP contribution < -0.4 is 4.74 Å². The van der Waals surface area contributed by atoms with Crippen molar-refractivity contribution in [1.29, 1.82) is 0 Å². The summed E-state index contributed by atoms with van der Waals surface area (Å²) >= 11 is 0. The molecule has 5 heteroatoms. The first-order valence-corrected chi connectivity index (χ1v) is 6.64. The number of piperidine rings is 1. The van der Waals surface area contributed by atoms with Crippen molar-refractivity contribution in [2.45, 2.75) is 26.3 Å². The second kappa shape index (κ2) is 6.02. The Bertz CT molecular complexity index is 462. The van der Waals surface area contributed by atoms with Gasteiger partial charge in [0.05, 0.1) is 12.0 Å². The molecule has 1 aromatic rings. The lowest BCUT2D eigenvalue weighted by Gasteiger charge is -2.30. The number of nitro groups is 1. The highest BCUT2D eigenvalue weighted by Crippen LogP contribution is 2.28. The molecule has 0 amide bonds. The Morgan fingerprint density at radius 3 is 2.95 bits per heavy atom. The lowest BCUT2D eigenvalue weighted by atomic mass is 10.00. The molecule has 0 saturated carbocycles. The summed E-state index contributed by atoms with van der Waals surface area (Å²) in [7, 11) is 1.45. The molecule has 1 fully saturated rings. The molecule has 0 spiro atoms. The van der Waals surface area contributed by atoms with E-state index in [0.717, 1.165) is 25.2 Å². The van der Waals surface area contributed by atoms with Crippen molar-refractivity contribution in [3.63, 3.8) is 0 Å². The Balaban J connectivity index is 2.12. The van der Waals surface area contributed by atoms with E-state index < -0.39 is 0 Å². The van der Waals surface area contributed by atoms with Crippen molar-refractivity contribution in [2.24, 2.45) is 5.92 Å². The molecular weight excluding hydrogens is 244 g/mol. The Labute approximate surface area is 113 Å². The Morgan fingerprint density at radius 1 is 1.53 bits per heavy atom. The van der Waals surface area contributed by atoms with Gasteiger partial charge < -0.3 is 4.74 Å². The normalized spacial score (nSPS) is 20.2. The number of ether oxygens (including phenoxy) is 1. The van der Waals surface area contributed by atoms with E-state index >= 15 is 0 Å². The van der Waals surface area contributed by atoms with Crippen LogP contribution in [0.3, 0.4) is 0 Å². The predicted molar refractivity (Wildman–Crippen MR) is 73.3 cm³/mol. The van der Waals surface area contributed by atoms with E-state index in [4.69, 9.17) is 4.74 Å². The molecule has 0 aliphatic carbocycles. The maximum absolute atomic E-state index is 11.0. The van der Waals surface area contributed by atoms with Crippen LogP contribution in [0.25, 0.3) is 0 Å². The molecule has 5 nitrogen and oxygen atoms in total. The van der Waals surface area contributed by atoms with Crippen LogP contribution in [0.1, 0.15) is 25.3 Å². The summed E-state index contributed by atoms with van der Waals surface area (Å²) in [5, 5.41) is 11.0. The van der Waals surface area contributed by atoms with E-state index in [0.29, 0.717) is 11.7 Å². The minimum absolute atomic E-state index is 0.0463. The average molecular weight is 264 g/mol. The van der Waals surface area contributed by atoms with Crippen LogP contribution in [-0.4, -0.2) is 30.0 Å². The summed E-state index contributed by atoms with van der Waals surface area (Å²) < 4.78 is 5.01. The van der Waals surface area contributed by atoms with Gasteiger partial charge in [0, 0.05) is 19.2 Å². The molecule has 1 unspecified atom stereocenters. The van der Waals surface area contributed by atoms with Gasteiger partial charge in [-0.05, 0) is 36.9 Å². The molecule has 2 rings (SSSR count). The minimum Gasteiger partial charge on any atom is -0.490 e. The minimum atomic E-state index is -0.388. The standard InChI is InChI=1S/C14H20N2O3/c1-11-4-3-7-15(9-11)10-12-5-6-14(19-2)13(8-12)16(17)18/h5-6,8,11H,3-4,7,9-10H2,1-2H3. The maximum atomic E-state index is 11.0. The van der Waals surface area contributed by atoms with Gasteiger partial charge in [0.15, 0.2) is 5.75 Å². The summed E-state index contributed by atoms with van der Waals surface area (Å²) in [4.78, 5) is 13.0. The average Bonchev–Trinajstić information content (AvgIpc) is 2.38. The number of methoxy groups -OCH3 is 1. The predicted octanol–water partition coefficient (Wildman–Crippen LogP) is 2.84. The third-order valence-electron chi connectivity index (χ3n) is 3.59. The van der Waals surface area contributed by atoms with E-state index in [-0.39, 0.29) is 10.6 Å². The van der Waals surface area contributed by atoms with Gasteiger partial charge in [0.25, 0.3) is 0 Å². The van der Waals surface area contributed by atoms with E-state index in [9.17, 15) is 10.1 Å². The summed E-state index contributed by atoms with van der Waals surface area (Å²) in [5.41, 5.74) is 1.02. The summed E-state index contributed by atoms with van der Waals surface area (Å²) in [6.45, 7) is 5.17. The monoisotopic (exact) mass is 264 g/mol. The molecule has 1 aliphatic rings. The zero-order valence-electron chi connectivity index (χ0n) is 11.5. The first-order valence-electron chi connectivity index (χ1n) is 6.64. The first-order chi connectivity index (χ1) is 9.10.